The third kappa shape index (κ3) is 3.67. The van der Waals surface area contributed by atoms with Crippen molar-refractivity contribution in [2.24, 2.45) is 0 Å². The van der Waals surface area contributed by atoms with Gasteiger partial charge in [0.1, 0.15) is 0 Å². The average Bonchev–Trinajstić information content (AvgIpc) is 2.75. The lowest BCUT2D eigenvalue weighted by Crippen LogP contribution is -2.45. The quantitative estimate of drug-likeness (QED) is 0.785. The number of piperidine rings is 1. The molecule has 148 valence electrons. The number of amides is 1. The molecule has 2 aliphatic heterocycles. The number of carbonyl (C=O) groups is 1. The highest BCUT2D eigenvalue weighted by Gasteiger charge is 2.38. The van der Waals surface area contributed by atoms with Gasteiger partial charge in [0.25, 0.3) is 5.91 Å². The second kappa shape index (κ2) is 7.76. The van der Waals surface area contributed by atoms with Crippen LogP contribution in [0.25, 0.3) is 0 Å². The standard InChI is InChI=1S/C19H22FN5O3/c20-16-15(2-1-5-21-16)19(27)3-6-24(7-4-19)17(26)14-12-22-18(23-13-14)25-8-10-28-11-9-25/h1-2,5,12-13,27H,3-4,6-11H2. The fourth-order valence-electron chi connectivity index (χ4n) is 3.62. The highest BCUT2D eigenvalue weighted by molar-refractivity contribution is 5.93. The molecular weight excluding hydrogens is 365 g/mol. The summed E-state index contributed by atoms with van der Waals surface area (Å²) < 4.78 is 19.3. The molecular formula is C19H22FN5O3. The van der Waals surface area contributed by atoms with Gasteiger partial charge in [-0.15, -0.1) is 0 Å². The third-order valence-corrected chi connectivity index (χ3v) is 5.32. The second-order valence-corrected chi connectivity index (χ2v) is 7.04. The summed E-state index contributed by atoms with van der Waals surface area (Å²) in [7, 11) is 0. The van der Waals surface area contributed by atoms with Gasteiger partial charge in [0.05, 0.1) is 24.4 Å². The molecule has 0 radical (unpaired) electrons. The summed E-state index contributed by atoms with van der Waals surface area (Å²) in [6.45, 7) is 3.35. The van der Waals surface area contributed by atoms with Crippen molar-refractivity contribution in [3.8, 4) is 0 Å². The van der Waals surface area contributed by atoms with E-state index in [0.717, 1.165) is 13.1 Å². The Morgan fingerprint density at radius 2 is 1.79 bits per heavy atom. The molecule has 2 fully saturated rings. The predicted octanol–water partition coefficient (Wildman–Crippen LogP) is 0.971. The molecule has 0 aliphatic carbocycles. The molecule has 2 aromatic heterocycles. The van der Waals surface area contributed by atoms with Gasteiger partial charge in [0, 0.05) is 50.3 Å². The second-order valence-electron chi connectivity index (χ2n) is 7.04. The van der Waals surface area contributed by atoms with Crippen molar-refractivity contribution in [2.75, 3.05) is 44.3 Å². The van der Waals surface area contributed by atoms with Crippen LogP contribution in [0.4, 0.5) is 10.3 Å². The van der Waals surface area contributed by atoms with Crippen LogP contribution in [0.5, 0.6) is 0 Å². The van der Waals surface area contributed by atoms with E-state index in [-0.39, 0.29) is 24.3 Å². The Morgan fingerprint density at radius 1 is 1.11 bits per heavy atom. The van der Waals surface area contributed by atoms with Crippen molar-refractivity contribution in [1.29, 1.82) is 0 Å². The fourth-order valence-corrected chi connectivity index (χ4v) is 3.62. The van der Waals surface area contributed by atoms with Crippen molar-refractivity contribution in [2.45, 2.75) is 18.4 Å². The van der Waals surface area contributed by atoms with Crippen molar-refractivity contribution in [3.05, 3.63) is 47.8 Å². The van der Waals surface area contributed by atoms with E-state index in [2.05, 4.69) is 15.0 Å². The molecule has 8 nitrogen and oxygen atoms in total. The number of ether oxygens (including phenoxy) is 1. The average molecular weight is 387 g/mol. The number of pyridine rings is 1. The minimum atomic E-state index is -1.31. The Morgan fingerprint density at radius 3 is 2.43 bits per heavy atom. The van der Waals surface area contributed by atoms with E-state index in [0.29, 0.717) is 37.8 Å². The largest absolute Gasteiger partial charge is 0.385 e. The Labute approximate surface area is 162 Å². The predicted molar refractivity (Wildman–Crippen MR) is 98.3 cm³/mol. The van der Waals surface area contributed by atoms with Crippen LogP contribution in [0.15, 0.2) is 30.7 Å². The molecule has 9 heteroatoms. The Balaban J connectivity index is 1.40. The van der Waals surface area contributed by atoms with Gasteiger partial charge in [0.15, 0.2) is 0 Å². The number of hydrogen-bond donors (Lipinski definition) is 1. The fraction of sp³-hybridized carbons (Fsp3) is 0.474. The molecule has 2 saturated heterocycles. The van der Waals surface area contributed by atoms with Gasteiger partial charge in [-0.25, -0.2) is 15.0 Å². The zero-order chi connectivity index (χ0) is 19.6. The molecule has 0 saturated carbocycles. The van der Waals surface area contributed by atoms with Crippen molar-refractivity contribution in [1.82, 2.24) is 19.9 Å². The van der Waals surface area contributed by atoms with Gasteiger partial charge in [-0.2, -0.15) is 4.39 Å². The van der Waals surface area contributed by atoms with Crippen LogP contribution < -0.4 is 4.90 Å². The third-order valence-electron chi connectivity index (χ3n) is 5.32. The van der Waals surface area contributed by atoms with Gasteiger partial charge >= 0.3 is 0 Å². The van der Waals surface area contributed by atoms with E-state index in [1.165, 1.54) is 24.7 Å². The normalized spacial score (nSPS) is 19.5. The maximum Gasteiger partial charge on any atom is 0.256 e. The number of anilines is 1. The Bertz CT molecular complexity index is 834. The lowest BCUT2D eigenvalue weighted by Gasteiger charge is -2.38. The van der Waals surface area contributed by atoms with Gasteiger partial charge in [-0.05, 0) is 18.9 Å². The van der Waals surface area contributed by atoms with E-state index in [1.54, 1.807) is 11.0 Å². The highest BCUT2D eigenvalue weighted by Crippen LogP contribution is 2.34. The van der Waals surface area contributed by atoms with E-state index in [1.807, 2.05) is 4.90 Å². The van der Waals surface area contributed by atoms with Crippen LogP contribution in [-0.4, -0.2) is 70.3 Å². The summed E-state index contributed by atoms with van der Waals surface area (Å²) in [5.41, 5.74) is -0.735. The lowest BCUT2D eigenvalue weighted by atomic mass is 9.85. The van der Waals surface area contributed by atoms with Crippen molar-refractivity contribution < 1.29 is 19.0 Å². The summed E-state index contributed by atoms with van der Waals surface area (Å²) in [6.07, 6.45) is 4.90. The van der Waals surface area contributed by atoms with E-state index in [9.17, 15) is 14.3 Å². The number of aliphatic hydroxyl groups is 1. The number of nitrogens with zero attached hydrogens (tertiary/aromatic N) is 5. The maximum absolute atomic E-state index is 14.0. The van der Waals surface area contributed by atoms with E-state index >= 15 is 0 Å². The van der Waals surface area contributed by atoms with Crippen LogP contribution in [0.3, 0.4) is 0 Å². The van der Waals surface area contributed by atoms with Crippen LogP contribution in [0.2, 0.25) is 0 Å². The molecule has 0 spiro atoms. The zero-order valence-corrected chi connectivity index (χ0v) is 15.4. The number of carbonyl (C=O) groups excluding carboxylic acids is 1. The summed E-state index contributed by atoms with van der Waals surface area (Å²) in [6, 6.07) is 3.14. The molecule has 4 heterocycles. The summed E-state index contributed by atoms with van der Waals surface area (Å²) >= 11 is 0. The Hall–Kier alpha value is -2.65. The molecule has 0 atom stereocenters. The van der Waals surface area contributed by atoms with E-state index < -0.39 is 11.5 Å². The monoisotopic (exact) mass is 387 g/mol. The number of aromatic nitrogens is 3. The molecule has 2 aliphatic rings. The number of halogens is 1. The number of morpholine rings is 1. The maximum atomic E-state index is 14.0. The summed E-state index contributed by atoms with van der Waals surface area (Å²) in [5.74, 6) is -0.279. The van der Waals surface area contributed by atoms with Gasteiger partial charge in [0.2, 0.25) is 11.9 Å². The topological polar surface area (TPSA) is 91.7 Å². The zero-order valence-electron chi connectivity index (χ0n) is 15.4. The van der Waals surface area contributed by atoms with E-state index in [4.69, 9.17) is 4.74 Å². The molecule has 4 rings (SSSR count). The minimum Gasteiger partial charge on any atom is -0.385 e. The molecule has 28 heavy (non-hydrogen) atoms. The first-order valence-electron chi connectivity index (χ1n) is 9.34. The first kappa shape index (κ1) is 18.7. The molecule has 0 unspecified atom stereocenters. The van der Waals surface area contributed by atoms with Gasteiger partial charge < -0.3 is 19.6 Å². The highest BCUT2D eigenvalue weighted by atomic mass is 19.1. The summed E-state index contributed by atoms with van der Waals surface area (Å²) in [4.78, 5) is 28.6. The number of hydrogen-bond acceptors (Lipinski definition) is 7. The molecule has 1 N–H and O–H groups in total. The molecule has 0 aromatic carbocycles. The van der Waals surface area contributed by atoms with Crippen LogP contribution in [0.1, 0.15) is 28.8 Å². The number of likely N-dealkylation sites (tertiary alicyclic amines) is 1. The Kier molecular flexibility index (Phi) is 5.19. The van der Waals surface area contributed by atoms with Crippen molar-refractivity contribution in [3.63, 3.8) is 0 Å². The molecule has 1 amide bonds. The smallest absolute Gasteiger partial charge is 0.256 e. The SMILES string of the molecule is O=C(c1cnc(N2CCOCC2)nc1)N1CCC(O)(c2cccnc2F)CC1. The van der Waals surface area contributed by atoms with Crippen LogP contribution in [-0.2, 0) is 10.3 Å². The van der Waals surface area contributed by atoms with Gasteiger partial charge in [-0.1, -0.05) is 6.07 Å². The summed E-state index contributed by atoms with van der Waals surface area (Å²) in [5, 5.41) is 10.8. The molecule has 2 aromatic rings. The van der Waals surface area contributed by atoms with Crippen molar-refractivity contribution >= 4 is 11.9 Å². The number of rotatable bonds is 3. The minimum absolute atomic E-state index is 0.181. The lowest BCUT2D eigenvalue weighted by molar-refractivity contribution is -0.0241. The van der Waals surface area contributed by atoms with Crippen LogP contribution in [0, 0.1) is 5.95 Å². The van der Waals surface area contributed by atoms with Gasteiger partial charge in [-0.3, -0.25) is 4.79 Å². The van der Waals surface area contributed by atoms with Crippen LogP contribution >= 0.6 is 0 Å². The first-order valence-corrected chi connectivity index (χ1v) is 9.34. The first-order chi connectivity index (χ1) is 13.6. The molecule has 0 bridgehead atoms.